The number of hydrogen-bond donors (Lipinski definition) is 1. The van der Waals surface area contributed by atoms with Gasteiger partial charge in [0.1, 0.15) is 5.71 Å². The molecule has 0 unspecified atom stereocenters. The molecule has 9 heteroatoms. The Kier molecular flexibility index (Phi) is 6.68. The van der Waals surface area contributed by atoms with Crippen LogP contribution in [0.4, 0.5) is 0 Å². The van der Waals surface area contributed by atoms with Crippen molar-refractivity contribution < 1.29 is 0 Å². The smallest absolute Gasteiger partial charge is 0.189 e. The van der Waals surface area contributed by atoms with E-state index in [1.54, 1.807) is 12.4 Å². The molecule has 0 amide bonds. The number of nitrogens with one attached hydrogen (secondary N) is 1. The lowest BCUT2D eigenvalue weighted by atomic mass is 10.1. The molecule has 26 heavy (non-hydrogen) atoms. The summed E-state index contributed by atoms with van der Waals surface area (Å²) < 4.78 is 1.82. The first-order chi connectivity index (χ1) is 12.5. The average molecular weight is 498 g/mol. The van der Waals surface area contributed by atoms with E-state index in [1.165, 1.54) is 0 Å². The van der Waals surface area contributed by atoms with Gasteiger partial charge in [-0.15, -0.1) is 0 Å². The first-order valence-corrected chi connectivity index (χ1v) is 10.1. The summed E-state index contributed by atoms with van der Waals surface area (Å²) in [6, 6.07) is 7.64. The summed E-state index contributed by atoms with van der Waals surface area (Å²) in [5, 5.41) is 5.15. The SMILES string of the molecule is CN1CCN(C(=S)NN=C(c2ccc(Br)cn2)c2ccc(Br)cn2)CC1. The highest BCUT2D eigenvalue weighted by Crippen LogP contribution is 2.13. The van der Waals surface area contributed by atoms with E-state index in [0.29, 0.717) is 10.8 Å². The van der Waals surface area contributed by atoms with E-state index in [4.69, 9.17) is 12.2 Å². The second-order valence-electron chi connectivity index (χ2n) is 5.89. The Bertz CT molecular complexity index is 738. The van der Waals surface area contributed by atoms with Crippen LogP contribution in [0.3, 0.4) is 0 Å². The Balaban J connectivity index is 1.82. The van der Waals surface area contributed by atoms with Crippen molar-refractivity contribution in [3.05, 3.63) is 57.0 Å². The van der Waals surface area contributed by atoms with Gasteiger partial charge in [0.25, 0.3) is 0 Å². The van der Waals surface area contributed by atoms with Gasteiger partial charge in [-0.1, -0.05) is 0 Å². The lowest BCUT2D eigenvalue weighted by Gasteiger charge is -2.33. The summed E-state index contributed by atoms with van der Waals surface area (Å²) in [5.41, 5.74) is 5.10. The summed E-state index contributed by atoms with van der Waals surface area (Å²) >= 11 is 12.3. The van der Waals surface area contributed by atoms with Gasteiger partial charge in [-0.25, -0.2) is 0 Å². The number of pyridine rings is 2. The van der Waals surface area contributed by atoms with E-state index < -0.39 is 0 Å². The number of rotatable bonds is 3. The minimum Gasteiger partial charge on any atom is -0.345 e. The Labute approximate surface area is 175 Å². The van der Waals surface area contributed by atoms with Gasteiger partial charge >= 0.3 is 0 Å². The van der Waals surface area contributed by atoms with Crippen molar-refractivity contribution in [3.8, 4) is 0 Å². The molecule has 0 saturated carbocycles. The van der Waals surface area contributed by atoms with Crippen LogP contribution in [0.25, 0.3) is 0 Å². The Morgan fingerprint density at radius 1 is 1.00 bits per heavy atom. The van der Waals surface area contributed by atoms with Crippen molar-refractivity contribution in [2.75, 3.05) is 33.2 Å². The molecule has 0 aliphatic carbocycles. The van der Waals surface area contributed by atoms with E-state index in [1.807, 2.05) is 24.3 Å². The van der Waals surface area contributed by atoms with Gasteiger partial charge in [0.2, 0.25) is 0 Å². The third kappa shape index (κ3) is 5.06. The van der Waals surface area contributed by atoms with E-state index in [0.717, 1.165) is 46.5 Å². The van der Waals surface area contributed by atoms with Crippen molar-refractivity contribution in [1.29, 1.82) is 0 Å². The van der Waals surface area contributed by atoms with Gasteiger partial charge in [0, 0.05) is 47.5 Å². The fourth-order valence-corrected chi connectivity index (χ4v) is 3.16. The molecule has 6 nitrogen and oxygen atoms in total. The van der Waals surface area contributed by atoms with Crippen LogP contribution in [0.2, 0.25) is 0 Å². The molecule has 2 aromatic heterocycles. The average Bonchev–Trinajstić information content (AvgIpc) is 2.65. The molecule has 3 heterocycles. The number of halogens is 2. The largest absolute Gasteiger partial charge is 0.345 e. The molecular formula is C17H18Br2N6S. The van der Waals surface area contributed by atoms with Crippen molar-refractivity contribution in [3.63, 3.8) is 0 Å². The predicted molar refractivity (Wildman–Crippen MR) is 114 cm³/mol. The standard InChI is InChI=1S/C17H18Br2N6S/c1-24-6-8-25(9-7-24)17(26)23-22-16(14-4-2-12(18)10-20-14)15-5-3-13(19)11-21-15/h2-5,10-11H,6-9H2,1H3,(H,23,26). The van der Waals surface area contributed by atoms with Gasteiger partial charge in [-0.3, -0.25) is 15.4 Å². The molecule has 1 saturated heterocycles. The summed E-state index contributed by atoms with van der Waals surface area (Å²) in [7, 11) is 2.11. The maximum Gasteiger partial charge on any atom is 0.189 e. The maximum atomic E-state index is 5.51. The van der Waals surface area contributed by atoms with Crippen LogP contribution in [0.1, 0.15) is 11.4 Å². The Morgan fingerprint density at radius 2 is 1.54 bits per heavy atom. The number of likely N-dealkylation sites (N-methyl/N-ethyl adjacent to an activating group) is 1. The minimum atomic E-state index is 0.616. The molecule has 0 spiro atoms. The zero-order valence-electron chi connectivity index (χ0n) is 14.2. The van der Waals surface area contributed by atoms with Gasteiger partial charge in [0.15, 0.2) is 5.11 Å². The fraction of sp³-hybridized carbons (Fsp3) is 0.294. The van der Waals surface area contributed by atoms with Crippen LogP contribution < -0.4 is 5.43 Å². The quantitative estimate of drug-likeness (QED) is 0.399. The topological polar surface area (TPSA) is 56.6 Å². The van der Waals surface area contributed by atoms with Crippen molar-refractivity contribution in [1.82, 2.24) is 25.2 Å². The summed E-state index contributed by atoms with van der Waals surface area (Å²) in [4.78, 5) is 13.3. The molecule has 1 N–H and O–H groups in total. The zero-order valence-corrected chi connectivity index (χ0v) is 18.2. The normalized spacial score (nSPS) is 14.8. The molecule has 1 aliphatic heterocycles. The fourth-order valence-electron chi connectivity index (χ4n) is 2.46. The molecule has 0 aromatic carbocycles. The van der Waals surface area contributed by atoms with Crippen LogP contribution in [-0.4, -0.2) is 63.8 Å². The molecule has 0 atom stereocenters. The maximum absolute atomic E-state index is 5.51. The number of nitrogens with zero attached hydrogens (tertiary/aromatic N) is 5. The molecule has 0 bridgehead atoms. The first-order valence-electron chi connectivity index (χ1n) is 8.08. The number of piperazine rings is 1. The van der Waals surface area contributed by atoms with Crippen molar-refractivity contribution in [2.45, 2.75) is 0 Å². The molecule has 2 aromatic rings. The number of aromatic nitrogens is 2. The van der Waals surface area contributed by atoms with Gasteiger partial charge in [-0.2, -0.15) is 5.10 Å². The summed E-state index contributed by atoms with van der Waals surface area (Å²) in [5.74, 6) is 0. The van der Waals surface area contributed by atoms with E-state index in [2.05, 4.69) is 69.2 Å². The van der Waals surface area contributed by atoms with Crippen molar-refractivity contribution >= 4 is 54.9 Å². The van der Waals surface area contributed by atoms with Gasteiger partial charge < -0.3 is 9.80 Å². The van der Waals surface area contributed by atoms with E-state index >= 15 is 0 Å². The molecule has 3 rings (SSSR count). The van der Waals surface area contributed by atoms with Gasteiger partial charge in [0.05, 0.1) is 11.4 Å². The summed E-state index contributed by atoms with van der Waals surface area (Å²) in [6.45, 7) is 3.75. The molecular weight excluding hydrogens is 480 g/mol. The van der Waals surface area contributed by atoms with Crippen LogP contribution in [0, 0.1) is 0 Å². The Hall–Kier alpha value is -1.42. The van der Waals surface area contributed by atoms with Gasteiger partial charge in [-0.05, 0) is 75.4 Å². The van der Waals surface area contributed by atoms with Crippen LogP contribution >= 0.6 is 44.1 Å². The minimum absolute atomic E-state index is 0.616. The third-order valence-corrected chi connectivity index (χ3v) is 5.28. The highest BCUT2D eigenvalue weighted by Gasteiger charge is 2.17. The van der Waals surface area contributed by atoms with Crippen LogP contribution in [-0.2, 0) is 0 Å². The molecule has 136 valence electrons. The first kappa shape index (κ1) is 19.3. The number of hydrazone groups is 1. The highest BCUT2D eigenvalue weighted by molar-refractivity contribution is 9.10. The Morgan fingerprint density at radius 3 is 2.00 bits per heavy atom. The zero-order chi connectivity index (χ0) is 18.5. The number of thiocarbonyl (C=S) groups is 1. The predicted octanol–water partition coefficient (Wildman–Crippen LogP) is 2.88. The molecule has 0 radical (unpaired) electrons. The third-order valence-electron chi connectivity index (χ3n) is 3.99. The van der Waals surface area contributed by atoms with E-state index in [9.17, 15) is 0 Å². The lowest BCUT2D eigenvalue weighted by Crippen LogP contribution is -2.49. The lowest BCUT2D eigenvalue weighted by molar-refractivity contribution is 0.214. The van der Waals surface area contributed by atoms with Crippen LogP contribution in [0.15, 0.2) is 50.7 Å². The second-order valence-corrected chi connectivity index (χ2v) is 8.11. The summed E-state index contributed by atoms with van der Waals surface area (Å²) in [6.07, 6.45) is 3.48. The van der Waals surface area contributed by atoms with Crippen LogP contribution in [0.5, 0.6) is 0 Å². The number of hydrogen-bond acceptors (Lipinski definition) is 5. The molecule has 1 fully saturated rings. The monoisotopic (exact) mass is 496 g/mol. The van der Waals surface area contributed by atoms with E-state index in [-0.39, 0.29) is 0 Å². The van der Waals surface area contributed by atoms with Crippen molar-refractivity contribution in [2.24, 2.45) is 5.10 Å². The second kappa shape index (κ2) is 8.98. The molecule has 1 aliphatic rings. The highest BCUT2D eigenvalue weighted by atomic mass is 79.9.